The van der Waals surface area contributed by atoms with E-state index in [0.717, 1.165) is 46.6 Å². The van der Waals surface area contributed by atoms with Crippen molar-refractivity contribution in [3.63, 3.8) is 0 Å². The van der Waals surface area contributed by atoms with Crippen LogP contribution in [0.5, 0.6) is 0 Å². The van der Waals surface area contributed by atoms with E-state index in [1.54, 1.807) is 0 Å². The smallest absolute Gasteiger partial charge is 0.256 e. The van der Waals surface area contributed by atoms with Gasteiger partial charge in [0, 0.05) is 30.1 Å². The van der Waals surface area contributed by atoms with Gasteiger partial charge in [-0.2, -0.15) is 0 Å². The molecule has 4 heteroatoms. The fourth-order valence-corrected chi connectivity index (χ4v) is 3.97. The number of carbonyl (C=O) groups excluding carboxylic acids is 1. The molecule has 0 spiro atoms. The number of anilines is 2. The molecule has 5 rings (SSSR count). The summed E-state index contributed by atoms with van der Waals surface area (Å²) in [5.41, 5.74) is 4.67. The summed E-state index contributed by atoms with van der Waals surface area (Å²) in [6.45, 7) is 2.10. The van der Waals surface area contributed by atoms with Crippen LogP contribution in [-0.4, -0.2) is 24.0 Å². The second kappa shape index (κ2) is 6.69. The third-order valence-corrected chi connectivity index (χ3v) is 5.58. The summed E-state index contributed by atoms with van der Waals surface area (Å²) >= 11 is 0. The van der Waals surface area contributed by atoms with Gasteiger partial charge in [-0.05, 0) is 49.9 Å². The Labute approximate surface area is 159 Å². The fraction of sp³-hybridized carbons (Fsp3) is 0.304. The average molecular weight is 357 g/mol. The number of rotatable bonds is 4. The van der Waals surface area contributed by atoms with E-state index in [-0.39, 0.29) is 5.91 Å². The van der Waals surface area contributed by atoms with E-state index in [9.17, 15) is 4.79 Å². The van der Waals surface area contributed by atoms with E-state index in [1.165, 1.54) is 25.7 Å². The van der Waals surface area contributed by atoms with E-state index < -0.39 is 0 Å². The molecule has 2 aromatic carbocycles. The highest BCUT2D eigenvalue weighted by atomic mass is 16.1. The maximum absolute atomic E-state index is 13.2. The predicted octanol–water partition coefficient (Wildman–Crippen LogP) is 4.96. The number of nitrogens with one attached hydrogen (secondary N) is 1. The number of benzene rings is 2. The average Bonchev–Trinajstić information content (AvgIpc) is 3.42. The summed E-state index contributed by atoms with van der Waals surface area (Å²) in [4.78, 5) is 20.4. The van der Waals surface area contributed by atoms with Gasteiger partial charge in [-0.25, -0.2) is 0 Å². The number of amides is 1. The van der Waals surface area contributed by atoms with Gasteiger partial charge in [-0.3, -0.25) is 9.78 Å². The minimum absolute atomic E-state index is 0.0536. The van der Waals surface area contributed by atoms with Crippen molar-refractivity contribution >= 4 is 28.2 Å². The van der Waals surface area contributed by atoms with Crippen LogP contribution in [0.4, 0.5) is 11.4 Å². The monoisotopic (exact) mass is 357 g/mol. The van der Waals surface area contributed by atoms with Crippen molar-refractivity contribution < 1.29 is 4.79 Å². The van der Waals surface area contributed by atoms with Gasteiger partial charge >= 0.3 is 0 Å². The summed E-state index contributed by atoms with van der Waals surface area (Å²) in [5.74, 6) is 0.459. The van der Waals surface area contributed by atoms with Crippen LogP contribution in [-0.2, 0) is 0 Å². The molecule has 136 valence electrons. The van der Waals surface area contributed by atoms with Gasteiger partial charge in [0.1, 0.15) is 0 Å². The Balaban J connectivity index is 1.52. The highest BCUT2D eigenvalue weighted by Gasteiger charge is 2.27. The molecule has 2 heterocycles. The first-order valence-corrected chi connectivity index (χ1v) is 9.84. The maximum Gasteiger partial charge on any atom is 0.256 e. The van der Waals surface area contributed by atoms with Crippen molar-refractivity contribution in [2.24, 2.45) is 0 Å². The van der Waals surface area contributed by atoms with E-state index in [0.29, 0.717) is 5.92 Å². The minimum atomic E-state index is -0.0536. The maximum atomic E-state index is 13.2. The van der Waals surface area contributed by atoms with E-state index in [1.807, 2.05) is 48.5 Å². The predicted molar refractivity (Wildman–Crippen MR) is 110 cm³/mol. The molecule has 3 aromatic rings. The summed E-state index contributed by atoms with van der Waals surface area (Å²) in [6, 6.07) is 18.0. The van der Waals surface area contributed by atoms with Crippen LogP contribution in [0.2, 0.25) is 0 Å². The van der Waals surface area contributed by atoms with Crippen LogP contribution in [0, 0.1) is 0 Å². The molecule has 2 fully saturated rings. The molecule has 1 aliphatic heterocycles. The quantitative estimate of drug-likeness (QED) is 0.717. The molecule has 4 nitrogen and oxygen atoms in total. The van der Waals surface area contributed by atoms with Gasteiger partial charge in [0.15, 0.2) is 0 Å². The first-order valence-electron chi connectivity index (χ1n) is 9.84. The lowest BCUT2D eigenvalue weighted by Crippen LogP contribution is -2.21. The third-order valence-electron chi connectivity index (χ3n) is 5.58. The number of aromatic nitrogens is 1. The van der Waals surface area contributed by atoms with Gasteiger partial charge in [-0.15, -0.1) is 0 Å². The number of para-hydroxylation sites is 3. The Hall–Kier alpha value is -2.88. The van der Waals surface area contributed by atoms with Gasteiger partial charge in [0.2, 0.25) is 0 Å². The Morgan fingerprint density at radius 2 is 1.74 bits per heavy atom. The second-order valence-corrected chi connectivity index (χ2v) is 7.55. The highest BCUT2D eigenvalue weighted by molar-refractivity contribution is 6.13. The fourth-order valence-electron chi connectivity index (χ4n) is 3.97. The number of hydrogen-bond donors (Lipinski definition) is 1. The second-order valence-electron chi connectivity index (χ2n) is 7.55. The number of fused-ring (bicyclic) bond motifs is 1. The van der Waals surface area contributed by atoms with Crippen LogP contribution in [0.15, 0.2) is 54.6 Å². The zero-order valence-corrected chi connectivity index (χ0v) is 15.3. The van der Waals surface area contributed by atoms with Crippen LogP contribution in [0.1, 0.15) is 47.7 Å². The van der Waals surface area contributed by atoms with E-state index >= 15 is 0 Å². The molecule has 27 heavy (non-hydrogen) atoms. The standard InChI is InChI=1S/C23H23N3O/c27-23(25-20-9-3-4-10-22(20)26-13-5-6-14-26)18-15-21(16-11-12-16)24-19-8-2-1-7-17(18)19/h1-4,7-10,15-16H,5-6,11-14H2,(H,25,27). The summed E-state index contributed by atoms with van der Waals surface area (Å²) in [7, 11) is 0. The highest BCUT2D eigenvalue weighted by Crippen LogP contribution is 2.40. The van der Waals surface area contributed by atoms with Crippen molar-refractivity contribution in [2.45, 2.75) is 31.6 Å². The first kappa shape index (κ1) is 16.3. The van der Waals surface area contributed by atoms with Crippen molar-refractivity contribution in [3.8, 4) is 0 Å². The molecule has 1 aromatic heterocycles. The molecular weight excluding hydrogens is 334 g/mol. The molecular formula is C23H23N3O. The molecule has 1 saturated carbocycles. The number of nitrogens with zero attached hydrogens (tertiary/aromatic N) is 2. The Kier molecular flexibility index (Phi) is 4.04. The lowest BCUT2D eigenvalue weighted by molar-refractivity contribution is 0.102. The summed E-state index contributed by atoms with van der Waals surface area (Å²) < 4.78 is 0. The SMILES string of the molecule is O=C(Nc1ccccc1N1CCCC1)c1cc(C2CC2)nc2ccccc12. The number of carbonyl (C=O) groups is 1. The van der Waals surface area contributed by atoms with Gasteiger partial charge in [-0.1, -0.05) is 30.3 Å². The van der Waals surface area contributed by atoms with Crippen LogP contribution >= 0.6 is 0 Å². The number of hydrogen-bond acceptors (Lipinski definition) is 3. The van der Waals surface area contributed by atoms with Crippen molar-refractivity contribution in [1.82, 2.24) is 4.98 Å². The molecule has 1 saturated heterocycles. The van der Waals surface area contributed by atoms with Crippen molar-refractivity contribution in [3.05, 3.63) is 65.9 Å². The zero-order valence-electron chi connectivity index (χ0n) is 15.3. The zero-order chi connectivity index (χ0) is 18.2. The van der Waals surface area contributed by atoms with Crippen molar-refractivity contribution in [2.75, 3.05) is 23.3 Å². The van der Waals surface area contributed by atoms with Crippen molar-refractivity contribution in [1.29, 1.82) is 0 Å². The Bertz CT molecular complexity index is 1000. The van der Waals surface area contributed by atoms with E-state index in [4.69, 9.17) is 4.98 Å². The molecule has 2 aliphatic rings. The van der Waals surface area contributed by atoms with Crippen LogP contribution in [0.3, 0.4) is 0 Å². The molecule has 0 unspecified atom stereocenters. The molecule has 0 atom stereocenters. The Morgan fingerprint density at radius 3 is 2.56 bits per heavy atom. The topological polar surface area (TPSA) is 45.2 Å². The van der Waals surface area contributed by atoms with Gasteiger partial charge in [0.25, 0.3) is 5.91 Å². The third kappa shape index (κ3) is 3.16. The molecule has 1 aliphatic carbocycles. The summed E-state index contributed by atoms with van der Waals surface area (Å²) in [6.07, 6.45) is 4.76. The van der Waals surface area contributed by atoms with Crippen LogP contribution in [0.25, 0.3) is 10.9 Å². The van der Waals surface area contributed by atoms with Gasteiger partial charge < -0.3 is 10.2 Å². The van der Waals surface area contributed by atoms with Crippen LogP contribution < -0.4 is 10.2 Å². The number of pyridine rings is 1. The largest absolute Gasteiger partial charge is 0.370 e. The van der Waals surface area contributed by atoms with Gasteiger partial charge in [0.05, 0.1) is 22.5 Å². The molecule has 1 amide bonds. The minimum Gasteiger partial charge on any atom is -0.370 e. The normalized spacial score (nSPS) is 16.7. The van der Waals surface area contributed by atoms with E-state index in [2.05, 4.69) is 16.3 Å². The first-order chi connectivity index (χ1) is 13.3. The lowest BCUT2D eigenvalue weighted by atomic mass is 10.0. The summed E-state index contributed by atoms with van der Waals surface area (Å²) in [5, 5.41) is 4.09. The molecule has 1 N–H and O–H groups in total. The lowest BCUT2D eigenvalue weighted by Gasteiger charge is -2.21. The molecule has 0 bridgehead atoms. The molecule has 0 radical (unpaired) electrons. The Morgan fingerprint density at radius 1 is 1.00 bits per heavy atom.